The normalized spacial score (nSPS) is 11.5. The van der Waals surface area contributed by atoms with E-state index in [-0.39, 0.29) is 17.5 Å². The van der Waals surface area contributed by atoms with Crippen LogP contribution in [-0.4, -0.2) is 37.0 Å². The first-order chi connectivity index (χ1) is 13.7. The lowest BCUT2D eigenvalue weighted by Gasteiger charge is -2.16. The van der Waals surface area contributed by atoms with Crippen LogP contribution in [0, 0.1) is 0 Å². The van der Waals surface area contributed by atoms with E-state index in [4.69, 9.17) is 14.2 Å². The molecule has 0 saturated heterocycles. The summed E-state index contributed by atoms with van der Waals surface area (Å²) in [7, 11) is 1.48. The number of Topliss-reactive ketones (excluding diaryl/α,β-unsaturated/α-hetero) is 1. The molecule has 0 spiro atoms. The summed E-state index contributed by atoms with van der Waals surface area (Å²) in [6.45, 7) is 6.68. The number of ether oxygens (including phenoxy) is 3. The van der Waals surface area contributed by atoms with Gasteiger partial charge in [0.05, 0.1) is 18.8 Å². The molecule has 1 unspecified atom stereocenters. The Morgan fingerprint density at radius 3 is 2.28 bits per heavy atom. The molecule has 0 aliphatic heterocycles. The summed E-state index contributed by atoms with van der Waals surface area (Å²) in [5.41, 5.74) is 1.15. The topological polar surface area (TPSA) is 90.9 Å². The van der Waals surface area contributed by atoms with Gasteiger partial charge in [-0.05, 0) is 58.0 Å². The number of hydrogen-bond donors (Lipinski definition) is 1. The highest BCUT2D eigenvalue weighted by molar-refractivity contribution is 5.99. The van der Waals surface area contributed by atoms with Crippen molar-refractivity contribution in [2.45, 2.75) is 39.9 Å². The van der Waals surface area contributed by atoms with E-state index in [1.807, 2.05) is 13.8 Å². The molecule has 0 aromatic heterocycles. The van der Waals surface area contributed by atoms with Crippen molar-refractivity contribution in [1.29, 1.82) is 0 Å². The second kappa shape index (κ2) is 9.73. The van der Waals surface area contributed by atoms with Gasteiger partial charge in [-0.15, -0.1) is 0 Å². The van der Waals surface area contributed by atoms with Crippen molar-refractivity contribution in [2.75, 3.05) is 12.4 Å². The van der Waals surface area contributed by atoms with Gasteiger partial charge >= 0.3 is 5.97 Å². The predicted octanol–water partition coefficient (Wildman–Crippen LogP) is 3.87. The third-order valence-corrected chi connectivity index (χ3v) is 3.95. The number of anilines is 1. The lowest BCUT2D eigenvalue weighted by atomic mass is 10.1. The zero-order valence-corrected chi connectivity index (χ0v) is 17.1. The number of ketones is 1. The van der Waals surface area contributed by atoms with Gasteiger partial charge in [0.2, 0.25) is 0 Å². The van der Waals surface area contributed by atoms with Crippen molar-refractivity contribution in [3.05, 3.63) is 53.6 Å². The fourth-order valence-electron chi connectivity index (χ4n) is 2.49. The predicted molar refractivity (Wildman–Crippen MR) is 109 cm³/mol. The Morgan fingerprint density at radius 1 is 0.931 bits per heavy atom. The monoisotopic (exact) mass is 399 g/mol. The molecule has 1 N–H and O–H groups in total. The largest absolute Gasteiger partial charge is 0.493 e. The first-order valence-corrected chi connectivity index (χ1v) is 9.18. The molecule has 29 heavy (non-hydrogen) atoms. The second-order valence-electron chi connectivity index (χ2n) is 6.71. The smallest absolute Gasteiger partial charge is 0.339 e. The van der Waals surface area contributed by atoms with Crippen LogP contribution in [0.3, 0.4) is 0 Å². The molecular formula is C22H25NO6. The Bertz CT molecular complexity index is 906. The van der Waals surface area contributed by atoms with Crippen LogP contribution in [0.5, 0.6) is 11.5 Å². The van der Waals surface area contributed by atoms with E-state index in [1.165, 1.54) is 27.0 Å². The van der Waals surface area contributed by atoms with E-state index in [2.05, 4.69) is 5.32 Å². The van der Waals surface area contributed by atoms with E-state index in [0.717, 1.165) is 0 Å². The summed E-state index contributed by atoms with van der Waals surface area (Å²) in [5, 5.41) is 2.63. The van der Waals surface area contributed by atoms with Crippen LogP contribution in [0.25, 0.3) is 0 Å². The van der Waals surface area contributed by atoms with Gasteiger partial charge in [-0.25, -0.2) is 4.79 Å². The van der Waals surface area contributed by atoms with Crippen molar-refractivity contribution in [3.8, 4) is 11.5 Å². The van der Waals surface area contributed by atoms with E-state index in [9.17, 15) is 14.4 Å². The molecule has 0 bridgehead atoms. The summed E-state index contributed by atoms with van der Waals surface area (Å²) in [6, 6.07) is 11.2. The molecule has 7 nitrogen and oxygen atoms in total. The van der Waals surface area contributed by atoms with Crippen LogP contribution < -0.4 is 14.8 Å². The summed E-state index contributed by atoms with van der Waals surface area (Å²) < 4.78 is 16.1. The van der Waals surface area contributed by atoms with Crippen LogP contribution in [0.15, 0.2) is 42.5 Å². The highest BCUT2D eigenvalue weighted by atomic mass is 16.5. The highest BCUT2D eigenvalue weighted by Crippen LogP contribution is 2.29. The molecule has 0 fully saturated rings. The Labute approximate surface area is 170 Å². The zero-order chi connectivity index (χ0) is 21.6. The number of esters is 1. The van der Waals surface area contributed by atoms with Crippen LogP contribution in [-0.2, 0) is 9.53 Å². The first kappa shape index (κ1) is 21.9. The molecule has 2 rings (SSSR count). The third-order valence-electron chi connectivity index (χ3n) is 3.95. The maximum Gasteiger partial charge on any atom is 0.339 e. The number of benzene rings is 2. The van der Waals surface area contributed by atoms with Gasteiger partial charge in [0.15, 0.2) is 23.4 Å². The lowest BCUT2D eigenvalue weighted by molar-refractivity contribution is -0.123. The van der Waals surface area contributed by atoms with Crippen molar-refractivity contribution in [1.82, 2.24) is 0 Å². The average molecular weight is 399 g/mol. The summed E-state index contributed by atoms with van der Waals surface area (Å²) in [4.78, 5) is 36.2. The second-order valence-corrected chi connectivity index (χ2v) is 6.71. The Hall–Kier alpha value is -3.35. The molecule has 0 heterocycles. The number of carbonyl (C=O) groups excluding carboxylic acids is 3. The number of amides is 1. The fraction of sp³-hybridized carbons (Fsp3) is 0.318. The maximum atomic E-state index is 12.4. The molecule has 1 atom stereocenters. The SMILES string of the molecule is COc1cc(C(=O)OC(C)C(=O)Nc2cccc(C(C)=O)c2)ccc1OC(C)C. The van der Waals surface area contributed by atoms with Gasteiger partial charge in [-0.3, -0.25) is 9.59 Å². The number of rotatable bonds is 8. The minimum absolute atomic E-state index is 0.0491. The molecule has 0 radical (unpaired) electrons. The maximum absolute atomic E-state index is 12.4. The van der Waals surface area contributed by atoms with E-state index >= 15 is 0 Å². The average Bonchev–Trinajstić information content (AvgIpc) is 2.67. The van der Waals surface area contributed by atoms with Gasteiger partial charge in [0.25, 0.3) is 5.91 Å². The molecular weight excluding hydrogens is 374 g/mol. The summed E-state index contributed by atoms with van der Waals surface area (Å²) >= 11 is 0. The summed E-state index contributed by atoms with van der Waals surface area (Å²) in [6.07, 6.45) is -1.09. The third kappa shape index (κ3) is 6.07. The van der Waals surface area contributed by atoms with Crippen LogP contribution in [0.1, 0.15) is 48.4 Å². The van der Waals surface area contributed by atoms with Crippen molar-refractivity contribution in [3.63, 3.8) is 0 Å². The van der Waals surface area contributed by atoms with Gasteiger partial charge < -0.3 is 19.5 Å². The first-order valence-electron chi connectivity index (χ1n) is 9.18. The van der Waals surface area contributed by atoms with Crippen molar-refractivity contribution in [2.24, 2.45) is 0 Å². The molecule has 154 valence electrons. The van der Waals surface area contributed by atoms with Gasteiger partial charge in [0.1, 0.15) is 0 Å². The number of carbonyl (C=O) groups is 3. The van der Waals surface area contributed by atoms with Crippen LogP contribution in [0.4, 0.5) is 5.69 Å². The molecule has 0 aliphatic carbocycles. The minimum atomic E-state index is -1.04. The van der Waals surface area contributed by atoms with Gasteiger partial charge in [0, 0.05) is 11.3 Å². The highest BCUT2D eigenvalue weighted by Gasteiger charge is 2.20. The molecule has 2 aromatic carbocycles. The van der Waals surface area contributed by atoms with E-state index in [0.29, 0.717) is 22.7 Å². The van der Waals surface area contributed by atoms with Crippen LogP contribution >= 0.6 is 0 Å². The zero-order valence-electron chi connectivity index (χ0n) is 17.1. The Kier molecular flexibility index (Phi) is 7.36. The lowest BCUT2D eigenvalue weighted by Crippen LogP contribution is -2.30. The molecule has 2 aromatic rings. The van der Waals surface area contributed by atoms with Crippen LogP contribution in [0.2, 0.25) is 0 Å². The van der Waals surface area contributed by atoms with Gasteiger partial charge in [-0.1, -0.05) is 12.1 Å². The Balaban J connectivity index is 2.05. The molecule has 0 saturated carbocycles. The minimum Gasteiger partial charge on any atom is -0.493 e. The summed E-state index contributed by atoms with van der Waals surface area (Å²) in [5.74, 6) is -0.383. The molecule has 7 heteroatoms. The fourth-order valence-corrected chi connectivity index (χ4v) is 2.49. The van der Waals surface area contributed by atoms with E-state index < -0.39 is 18.0 Å². The van der Waals surface area contributed by atoms with Crippen molar-refractivity contribution >= 4 is 23.3 Å². The Morgan fingerprint density at radius 2 is 1.66 bits per heavy atom. The quantitative estimate of drug-likeness (QED) is 0.535. The van der Waals surface area contributed by atoms with Crippen molar-refractivity contribution < 1.29 is 28.6 Å². The standard InChI is InChI=1S/C22H25NO6/c1-13(2)28-19-10-9-17(12-20(19)27-5)22(26)29-15(4)21(25)23-18-8-6-7-16(11-18)14(3)24/h6-13,15H,1-5H3,(H,23,25). The number of hydrogen-bond acceptors (Lipinski definition) is 6. The number of methoxy groups -OCH3 is 1. The number of nitrogens with one attached hydrogen (secondary N) is 1. The van der Waals surface area contributed by atoms with E-state index in [1.54, 1.807) is 36.4 Å². The molecule has 0 aliphatic rings. The molecule has 1 amide bonds. The van der Waals surface area contributed by atoms with Gasteiger partial charge in [-0.2, -0.15) is 0 Å².